The molecule has 0 radical (unpaired) electrons. The van der Waals surface area contributed by atoms with Crippen LogP contribution in [0, 0.1) is 0 Å². The van der Waals surface area contributed by atoms with Gasteiger partial charge in [0.15, 0.2) is 0 Å². The van der Waals surface area contributed by atoms with Crippen molar-refractivity contribution in [2.24, 2.45) is 0 Å². The van der Waals surface area contributed by atoms with Crippen LogP contribution in [0.4, 0.5) is 5.82 Å². The third-order valence-corrected chi connectivity index (χ3v) is 6.79. The van der Waals surface area contributed by atoms with Gasteiger partial charge in [-0.05, 0) is 25.0 Å². The zero-order valence-corrected chi connectivity index (χ0v) is 17.5. The van der Waals surface area contributed by atoms with E-state index in [0.717, 1.165) is 64.8 Å². The van der Waals surface area contributed by atoms with Gasteiger partial charge >= 0.3 is 0 Å². The number of carbonyl (C=O) groups excluding carboxylic acids is 1. The molecule has 1 amide bonds. The Morgan fingerprint density at radius 1 is 1.03 bits per heavy atom. The Balaban J connectivity index is 1.25. The van der Waals surface area contributed by atoms with E-state index in [1.807, 2.05) is 18.3 Å². The number of carbonyl (C=O) groups is 1. The van der Waals surface area contributed by atoms with E-state index in [1.54, 1.807) is 0 Å². The molecule has 7 nitrogen and oxygen atoms in total. The number of nitrogens with zero attached hydrogens (tertiary/aromatic N) is 4. The number of morpholine rings is 1. The van der Waals surface area contributed by atoms with E-state index >= 15 is 0 Å². The number of rotatable bonds is 6. The largest absolute Gasteiger partial charge is 0.379 e. The first-order valence-electron chi connectivity index (χ1n) is 11.2. The quantitative estimate of drug-likeness (QED) is 0.777. The maximum absolute atomic E-state index is 12.7. The number of anilines is 1. The minimum absolute atomic E-state index is 0.134. The molecule has 1 saturated carbocycles. The summed E-state index contributed by atoms with van der Waals surface area (Å²) < 4.78 is 5.56. The van der Waals surface area contributed by atoms with Crippen molar-refractivity contribution in [1.82, 2.24) is 20.1 Å². The van der Waals surface area contributed by atoms with Crippen LogP contribution in [-0.2, 0) is 9.53 Å². The number of aromatic nitrogens is 1. The summed E-state index contributed by atoms with van der Waals surface area (Å²) in [7, 11) is 0. The van der Waals surface area contributed by atoms with Gasteiger partial charge in [-0.15, -0.1) is 0 Å². The van der Waals surface area contributed by atoms with Crippen molar-refractivity contribution in [2.45, 2.75) is 37.6 Å². The van der Waals surface area contributed by atoms with Crippen molar-refractivity contribution in [2.75, 3.05) is 70.5 Å². The zero-order chi connectivity index (χ0) is 19.9. The molecule has 1 N–H and O–H groups in total. The van der Waals surface area contributed by atoms with Gasteiger partial charge in [0.05, 0.1) is 19.8 Å². The highest BCUT2D eigenvalue weighted by atomic mass is 16.5. The molecule has 3 fully saturated rings. The molecule has 3 aliphatic rings. The van der Waals surface area contributed by atoms with Gasteiger partial charge in [-0.25, -0.2) is 4.98 Å². The fourth-order valence-corrected chi connectivity index (χ4v) is 5.05. The number of piperazine rings is 1. The summed E-state index contributed by atoms with van der Waals surface area (Å²) in [5, 5.41) is 3.29. The number of pyridine rings is 1. The Morgan fingerprint density at radius 3 is 2.48 bits per heavy atom. The normalized spacial score (nSPS) is 23.7. The monoisotopic (exact) mass is 401 g/mol. The second-order valence-corrected chi connectivity index (χ2v) is 8.61. The van der Waals surface area contributed by atoms with Crippen LogP contribution >= 0.6 is 0 Å². The molecule has 0 aromatic carbocycles. The highest BCUT2D eigenvalue weighted by Gasteiger charge is 2.38. The van der Waals surface area contributed by atoms with Crippen LogP contribution in [0.2, 0.25) is 0 Å². The molecule has 1 aliphatic carbocycles. The molecule has 160 valence electrons. The molecule has 0 bridgehead atoms. The Labute approximate surface area is 174 Å². The lowest BCUT2D eigenvalue weighted by atomic mass is 9.79. The molecule has 7 heteroatoms. The molecule has 4 rings (SSSR count). The van der Waals surface area contributed by atoms with Gasteiger partial charge < -0.3 is 15.0 Å². The smallest absolute Gasteiger partial charge is 0.234 e. The van der Waals surface area contributed by atoms with Crippen molar-refractivity contribution in [3.05, 3.63) is 24.4 Å². The van der Waals surface area contributed by atoms with Crippen LogP contribution in [0.5, 0.6) is 0 Å². The van der Waals surface area contributed by atoms with Crippen molar-refractivity contribution >= 4 is 11.7 Å². The van der Waals surface area contributed by atoms with E-state index in [0.29, 0.717) is 6.54 Å². The van der Waals surface area contributed by atoms with Crippen molar-refractivity contribution < 1.29 is 9.53 Å². The van der Waals surface area contributed by atoms with Crippen LogP contribution in [0.3, 0.4) is 0 Å². The van der Waals surface area contributed by atoms with Crippen LogP contribution < -0.4 is 10.2 Å². The van der Waals surface area contributed by atoms with Gasteiger partial charge in [-0.1, -0.05) is 25.3 Å². The Hall–Kier alpha value is -1.70. The van der Waals surface area contributed by atoms with E-state index < -0.39 is 0 Å². The summed E-state index contributed by atoms with van der Waals surface area (Å²) in [5.74, 6) is 1.19. The van der Waals surface area contributed by atoms with Crippen molar-refractivity contribution in [3.63, 3.8) is 0 Å². The minimum atomic E-state index is 0.134. The van der Waals surface area contributed by atoms with Crippen molar-refractivity contribution in [1.29, 1.82) is 0 Å². The summed E-state index contributed by atoms with van der Waals surface area (Å²) in [5.41, 5.74) is 0.134. The average molecular weight is 402 g/mol. The number of hydrogen-bond donors (Lipinski definition) is 1. The number of hydrogen-bond acceptors (Lipinski definition) is 6. The van der Waals surface area contributed by atoms with Crippen LogP contribution in [0.25, 0.3) is 0 Å². The van der Waals surface area contributed by atoms with Crippen LogP contribution in [-0.4, -0.2) is 91.8 Å². The fraction of sp³-hybridized carbons (Fsp3) is 0.727. The van der Waals surface area contributed by atoms with E-state index in [-0.39, 0.29) is 11.4 Å². The summed E-state index contributed by atoms with van der Waals surface area (Å²) in [6.45, 7) is 8.53. The minimum Gasteiger partial charge on any atom is -0.379 e. The van der Waals surface area contributed by atoms with Gasteiger partial charge in [-0.3, -0.25) is 14.6 Å². The third-order valence-electron chi connectivity index (χ3n) is 6.79. The van der Waals surface area contributed by atoms with Gasteiger partial charge in [-0.2, -0.15) is 0 Å². The van der Waals surface area contributed by atoms with Crippen molar-refractivity contribution in [3.8, 4) is 0 Å². The summed E-state index contributed by atoms with van der Waals surface area (Å²) in [4.78, 5) is 24.3. The molecule has 29 heavy (non-hydrogen) atoms. The Morgan fingerprint density at radius 2 is 1.79 bits per heavy atom. The molecule has 2 aliphatic heterocycles. The predicted molar refractivity (Wildman–Crippen MR) is 114 cm³/mol. The van der Waals surface area contributed by atoms with Crippen LogP contribution in [0.15, 0.2) is 24.4 Å². The maximum Gasteiger partial charge on any atom is 0.234 e. The molecular formula is C22H35N5O2. The lowest BCUT2D eigenvalue weighted by Crippen LogP contribution is -2.60. The summed E-state index contributed by atoms with van der Waals surface area (Å²) >= 11 is 0. The predicted octanol–water partition coefficient (Wildman–Crippen LogP) is 1.35. The van der Waals surface area contributed by atoms with Gasteiger partial charge in [0, 0.05) is 57.5 Å². The SMILES string of the molecule is O=C(CN1CCN(c2ccccn2)CC1)NCC1(N2CCOCC2)CCCCC1. The summed E-state index contributed by atoms with van der Waals surface area (Å²) in [6, 6.07) is 6.02. The zero-order valence-electron chi connectivity index (χ0n) is 17.5. The molecule has 1 aromatic heterocycles. The highest BCUT2D eigenvalue weighted by Crippen LogP contribution is 2.33. The van der Waals surface area contributed by atoms with E-state index in [9.17, 15) is 4.79 Å². The fourth-order valence-electron chi connectivity index (χ4n) is 5.05. The molecule has 0 spiro atoms. The molecular weight excluding hydrogens is 366 g/mol. The molecule has 0 atom stereocenters. The Bertz CT molecular complexity index is 636. The van der Waals surface area contributed by atoms with Gasteiger partial charge in [0.1, 0.15) is 5.82 Å². The molecule has 3 heterocycles. The lowest BCUT2D eigenvalue weighted by molar-refractivity contribution is -0.123. The third kappa shape index (κ3) is 5.27. The average Bonchev–Trinajstić information content (AvgIpc) is 2.80. The molecule has 2 saturated heterocycles. The number of amides is 1. The van der Waals surface area contributed by atoms with Gasteiger partial charge in [0.2, 0.25) is 5.91 Å². The van der Waals surface area contributed by atoms with Gasteiger partial charge in [0.25, 0.3) is 0 Å². The number of nitrogens with one attached hydrogen (secondary N) is 1. The first kappa shape index (κ1) is 20.6. The van der Waals surface area contributed by atoms with E-state index in [2.05, 4.69) is 31.1 Å². The second kappa shape index (κ2) is 9.87. The topological polar surface area (TPSA) is 60.9 Å². The van der Waals surface area contributed by atoms with Crippen LogP contribution in [0.1, 0.15) is 32.1 Å². The molecule has 1 aromatic rings. The lowest BCUT2D eigenvalue weighted by Gasteiger charge is -2.48. The first-order valence-corrected chi connectivity index (χ1v) is 11.2. The van der Waals surface area contributed by atoms with E-state index in [1.165, 1.54) is 32.1 Å². The highest BCUT2D eigenvalue weighted by molar-refractivity contribution is 5.78. The molecule has 0 unspecified atom stereocenters. The number of ether oxygens (including phenoxy) is 1. The summed E-state index contributed by atoms with van der Waals surface area (Å²) in [6.07, 6.45) is 8.07. The maximum atomic E-state index is 12.7. The first-order chi connectivity index (χ1) is 14.3. The standard InChI is InChI=1S/C22H35N5O2/c28-21(18-25-10-12-26(13-11-25)20-6-2-5-9-23-20)24-19-22(7-3-1-4-8-22)27-14-16-29-17-15-27/h2,5-6,9H,1,3-4,7-8,10-19H2,(H,24,28). The Kier molecular flexibility index (Phi) is 7.00. The second-order valence-electron chi connectivity index (χ2n) is 8.61. The van der Waals surface area contributed by atoms with E-state index in [4.69, 9.17) is 4.74 Å².